The summed E-state index contributed by atoms with van der Waals surface area (Å²) in [6.45, 7) is -0.342. The minimum Gasteiger partial charge on any atom is -0.480 e. The number of aliphatic carboxylic acids is 1. The molecule has 0 aromatic heterocycles. The molecule has 0 unspecified atom stereocenters. The molecule has 1 amide bonds. The van der Waals surface area contributed by atoms with E-state index in [9.17, 15) is 9.59 Å². The average Bonchev–Trinajstić information content (AvgIpc) is 2.04. The lowest BCUT2D eigenvalue weighted by Crippen LogP contribution is -2.29. The van der Waals surface area contributed by atoms with E-state index in [4.69, 9.17) is 11.5 Å². The van der Waals surface area contributed by atoms with Gasteiger partial charge in [0.05, 0.1) is 0 Å². The Morgan fingerprint density at radius 3 is 2.69 bits per heavy atom. The van der Waals surface area contributed by atoms with Gasteiger partial charge in [-0.3, -0.25) is 4.79 Å². The van der Waals surface area contributed by atoms with Gasteiger partial charge in [0.2, 0.25) is 5.91 Å². The molecule has 0 radical (unpaired) electrons. The number of ether oxygens (including phenoxy) is 1. The second-order valence-corrected chi connectivity index (χ2v) is 2.19. The summed E-state index contributed by atoms with van der Waals surface area (Å²) < 4.78 is 4.52. The minimum absolute atomic E-state index is 0.253. The third-order valence-corrected chi connectivity index (χ3v) is 1.05. The Morgan fingerprint density at radius 2 is 2.15 bits per heavy atom. The fourth-order valence-corrected chi connectivity index (χ4v) is 0.556. The maximum atomic E-state index is 10.8. The number of carboxylic acids is 1. The van der Waals surface area contributed by atoms with Crippen LogP contribution < -0.4 is 5.32 Å². The van der Waals surface area contributed by atoms with Crippen molar-refractivity contribution in [3.05, 3.63) is 0 Å². The first-order valence-corrected chi connectivity index (χ1v) is 3.66. The number of hydrogen-bond acceptors (Lipinski definition) is 3. The van der Waals surface area contributed by atoms with E-state index in [1.807, 2.05) is 0 Å². The Balaban J connectivity index is 3.31. The highest BCUT2D eigenvalue weighted by atomic mass is 16.5. The van der Waals surface area contributed by atoms with E-state index in [0.717, 1.165) is 0 Å². The van der Waals surface area contributed by atoms with E-state index in [0.29, 0.717) is 13.0 Å². The number of hydrogen-bond donors (Lipinski definition) is 2. The maximum absolute atomic E-state index is 10.8. The van der Waals surface area contributed by atoms with E-state index in [1.54, 1.807) is 0 Å². The second kappa shape index (κ2) is 7.13. The van der Waals surface area contributed by atoms with E-state index in [1.165, 1.54) is 0 Å². The summed E-state index contributed by atoms with van der Waals surface area (Å²) in [5, 5.41) is 10.6. The van der Waals surface area contributed by atoms with Crippen molar-refractivity contribution >= 4 is 11.9 Å². The van der Waals surface area contributed by atoms with Crippen LogP contribution >= 0.6 is 0 Å². The van der Waals surface area contributed by atoms with Crippen molar-refractivity contribution in [2.45, 2.75) is 6.42 Å². The van der Waals surface area contributed by atoms with Crippen molar-refractivity contribution in [1.29, 1.82) is 0 Å². The summed E-state index contributed by atoms with van der Waals surface area (Å²) in [5.74, 6) is 0.883. The molecule has 0 fully saturated rings. The minimum atomic E-state index is -1.10. The Labute approximate surface area is 76.1 Å². The number of rotatable bonds is 6. The molecule has 13 heavy (non-hydrogen) atoms. The number of carbonyl (C=O) groups excluding carboxylic acids is 1. The maximum Gasteiger partial charge on any atom is 0.329 e. The van der Waals surface area contributed by atoms with Gasteiger partial charge in [-0.05, 0) is 0 Å². The summed E-state index contributed by atoms with van der Waals surface area (Å²) in [6, 6.07) is 0. The predicted molar refractivity (Wildman–Crippen MR) is 44.9 cm³/mol. The van der Waals surface area contributed by atoms with Gasteiger partial charge < -0.3 is 15.2 Å². The van der Waals surface area contributed by atoms with Crippen molar-refractivity contribution in [2.24, 2.45) is 0 Å². The van der Waals surface area contributed by atoms with E-state index < -0.39 is 12.6 Å². The molecule has 5 heteroatoms. The molecular weight excluding hydrogens is 174 g/mol. The SMILES string of the molecule is C#CCCNC(=O)COCC(=O)O. The van der Waals surface area contributed by atoms with Gasteiger partial charge in [0.25, 0.3) is 0 Å². The smallest absolute Gasteiger partial charge is 0.329 e. The summed E-state index contributed by atoms with van der Waals surface area (Å²) in [6.07, 6.45) is 5.39. The Morgan fingerprint density at radius 1 is 1.46 bits per heavy atom. The zero-order valence-corrected chi connectivity index (χ0v) is 7.08. The molecule has 0 aromatic carbocycles. The number of carbonyl (C=O) groups is 2. The molecule has 0 saturated heterocycles. The first-order chi connectivity index (χ1) is 6.16. The van der Waals surface area contributed by atoms with Crippen LogP contribution in [0.4, 0.5) is 0 Å². The van der Waals surface area contributed by atoms with Crippen LogP contribution in [0.25, 0.3) is 0 Å². The van der Waals surface area contributed by atoms with Crippen LogP contribution in [0.5, 0.6) is 0 Å². The predicted octanol–water partition coefficient (Wildman–Crippen LogP) is -0.773. The van der Waals surface area contributed by atoms with Gasteiger partial charge in [0.15, 0.2) is 0 Å². The molecule has 0 saturated carbocycles. The van der Waals surface area contributed by atoms with Crippen LogP contribution in [0.15, 0.2) is 0 Å². The van der Waals surface area contributed by atoms with Gasteiger partial charge in [-0.25, -0.2) is 4.79 Å². The van der Waals surface area contributed by atoms with E-state index in [2.05, 4.69) is 16.0 Å². The Kier molecular flexibility index (Phi) is 6.28. The Bertz CT molecular complexity index is 219. The molecule has 0 atom stereocenters. The third kappa shape index (κ3) is 8.37. The van der Waals surface area contributed by atoms with Gasteiger partial charge in [-0.2, -0.15) is 0 Å². The molecule has 2 N–H and O–H groups in total. The van der Waals surface area contributed by atoms with E-state index in [-0.39, 0.29) is 12.5 Å². The van der Waals surface area contributed by atoms with Crippen LogP contribution in [-0.2, 0) is 14.3 Å². The van der Waals surface area contributed by atoms with Crippen LogP contribution in [0.1, 0.15) is 6.42 Å². The zero-order chi connectivity index (χ0) is 10.1. The Hall–Kier alpha value is -1.54. The lowest BCUT2D eigenvalue weighted by atomic mass is 10.4. The second-order valence-electron chi connectivity index (χ2n) is 2.19. The normalized spacial score (nSPS) is 8.85. The van der Waals surface area contributed by atoms with Gasteiger partial charge in [-0.15, -0.1) is 12.3 Å². The summed E-state index contributed by atoms with van der Waals surface area (Å²) >= 11 is 0. The molecular formula is C8H11NO4. The van der Waals surface area contributed by atoms with Gasteiger partial charge in [0.1, 0.15) is 13.2 Å². The number of carboxylic acid groups (broad SMARTS) is 1. The van der Waals surface area contributed by atoms with Crippen LogP contribution in [0.3, 0.4) is 0 Å². The standard InChI is InChI=1S/C8H11NO4/c1-2-3-4-9-7(10)5-13-6-8(11)12/h1H,3-6H2,(H,9,10)(H,11,12). The van der Waals surface area contributed by atoms with Crippen molar-refractivity contribution in [1.82, 2.24) is 5.32 Å². The number of terminal acetylenes is 1. The molecule has 0 aromatic rings. The molecule has 0 aliphatic rings. The number of amides is 1. The van der Waals surface area contributed by atoms with Crippen molar-refractivity contribution < 1.29 is 19.4 Å². The fourth-order valence-electron chi connectivity index (χ4n) is 0.556. The van der Waals surface area contributed by atoms with Crippen LogP contribution in [0, 0.1) is 12.3 Å². The van der Waals surface area contributed by atoms with Gasteiger partial charge >= 0.3 is 5.97 Å². The quantitative estimate of drug-likeness (QED) is 0.420. The highest BCUT2D eigenvalue weighted by Gasteiger charge is 2.01. The van der Waals surface area contributed by atoms with Gasteiger partial charge in [-0.1, -0.05) is 0 Å². The average molecular weight is 185 g/mol. The first-order valence-electron chi connectivity index (χ1n) is 3.66. The molecule has 0 aliphatic heterocycles. The lowest BCUT2D eigenvalue weighted by Gasteiger charge is -2.02. The molecule has 0 aliphatic carbocycles. The molecule has 0 rings (SSSR count). The molecule has 0 spiro atoms. The molecule has 72 valence electrons. The van der Waals surface area contributed by atoms with Gasteiger partial charge in [0, 0.05) is 13.0 Å². The molecule has 0 heterocycles. The molecule has 5 nitrogen and oxygen atoms in total. The zero-order valence-electron chi connectivity index (χ0n) is 7.08. The topological polar surface area (TPSA) is 75.6 Å². The monoisotopic (exact) mass is 185 g/mol. The summed E-state index contributed by atoms with van der Waals surface area (Å²) in [5.41, 5.74) is 0. The highest BCUT2D eigenvalue weighted by molar-refractivity contribution is 5.77. The van der Waals surface area contributed by atoms with E-state index >= 15 is 0 Å². The van der Waals surface area contributed by atoms with Crippen molar-refractivity contribution in [3.8, 4) is 12.3 Å². The van der Waals surface area contributed by atoms with Crippen LogP contribution in [0.2, 0.25) is 0 Å². The molecule has 0 bridgehead atoms. The summed E-state index contributed by atoms with van der Waals surface area (Å²) in [7, 11) is 0. The van der Waals surface area contributed by atoms with Crippen LogP contribution in [-0.4, -0.2) is 36.7 Å². The van der Waals surface area contributed by atoms with Crippen molar-refractivity contribution in [3.63, 3.8) is 0 Å². The highest BCUT2D eigenvalue weighted by Crippen LogP contribution is 1.77. The van der Waals surface area contributed by atoms with Crippen molar-refractivity contribution in [2.75, 3.05) is 19.8 Å². The third-order valence-electron chi connectivity index (χ3n) is 1.05. The largest absolute Gasteiger partial charge is 0.480 e. The summed E-state index contributed by atoms with van der Waals surface area (Å²) in [4.78, 5) is 20.8. The first kappa shape index (κ1) is 11.5. The fraction of sp³-hybridized carbons (Fsp3) is 0.500. The number of nitrogens with one attached hydrogen (secondary N) is 1. The lowest BCUT2D eigenvalue weighted by molar-refractivity contribution is -0.143.